The fourth-order valence-electron chi connectivity index (χ4n) is 2.28. The van der Waals surface area contributed by atoms with Gasteiger partial charge in [-0.05, 0) is 36.4 Å². The number of anilines is 2. The molecule has 8 nitrogen and oxygen atoms in total. The summed E-state index contributed by atoms with van der Waals surface area (Å²) in [6, 6.07) is 11.4. The van der Waals surface area contributed by atoms with Crippen LogP contribution in [0.3, 0.4) is 0 Å². The first-order valence-corrected chi connectivity index (χ1v) is 9.54. The van der Waals surface area contributed by atoms with E-state index < -0.39 is 22.5 Å². The number of methoxy groups -OCH3 is 2. The van der Waals surface area contributed by atoms with Crippen LogP contribution in [0.4, 0.5) is 11.4 Å². The summed E-state index contributed by atoms with van der Waals surface area (Å²) in [6.45, 7) is -0.397. The second-order valence-electron chi connectivity index (χ2n) is 5.83. The van der Waals surface area contributed by atoms with Gasteiger partial charge in [0.15, 0.2) is 11.5 Å². The first-order valence-electron chi connectivity index (χ1n) is 8.05. The average Bonchev–Trinajstić information content (AvgIpc) is 2.66. The third-order valence-electron chi connectivity index (χ3n) is 3.76. The maximum atomic E-state index is 12.4. The molecule has 0 aliphatic rings. The Kier molecular flexibility index (Phi) is 6.65. The number of hydrogen-bond donors (Lipinski definition) is 2. The topological polar surface area (TPSA) is 97.0 Å². The smallest absolute Gasteiger partial charge is 0.241 e. The van der Waals surface area contributed by atoms with E-state index in [1.807, 2.05) is 31.1 Å². The minimum absolute atomic E-state index is 0.0247. The van der Waals surface area contributed by atoms with Crippen molar-refractivity contribution >= 4 is 27.3 Å². The Labute approximate surface area is 159 Å². The van der Waals surface area contributed by atoms with Gasteiger partial charge in [0.1, 0.15) is 0 Å². The van der Waals surface area contributed by atoms with Crippen LogP contribution >= 0.6 is 0 Å². The molecule has 0 unspecified atom stereocenters. The van der Waals surface area contributed by atoms with Gasteiger partial charge >= 0.3 is 0 Å². The van der Waals surface area contributed by atoms with Gasteiger partial charge in [0.25, 0.3) is 0 Å². The zero-order valence-corrected chi connectivity index (χ0v) is 16.5. The summed E-state index contributed by atoms with van der Waals surface area (Å²) in [6.07, 6.45) is 0. The molecule has 0 radical (unpaired) electrons. The molecule has 0 saturated carbocycles. The molecule has 2 rings (SSSR count). The lowest BCUT2D eigenvalue weighted by Gasteiger charge is -2.13. The van der Waals surface area contributed by atoms with E-state index >= 15 is 0 Å². The number of carbonyl (C=O) groups excluding carboxylic acids is 1. The summed E-state index contributed by atoms with van der Waals surface area (Å²) >= 11 is 0. The molecular weight excluding hydrogens is 370 g/mol. The number of benzene rings is 2. The number of hydrogen-bond acceptors (Lipinski definition) is 6. The van der Waals surface area contributed by atoms with E-state index in [4.69, 9.17) is 9.47 Å². The first kappa shape index (κ1) is 20.5. The summed E-state index contributed by atoms with van der Waals surface area (Å²) in [7, 11) is 2.82. The Morgan fingerprint density at radius 3 is 2.19 bits per heavy atom. The molecule has 1 amide bonds. The Morgan fingerprint density at radius 2 is 1.63 bits per heavy atom. The summed E-state index contributed by atoms with van der Waals surface area (Å²) in [5, 5.41) is 2.64. The molecule has 0 bridgehead atoms. The monoisotopic (exact) mass is 393 g/mol. The molecule has 0 spiro atoms. The van der Waals surface area contributed by atoms with Crippen LogP contribution in [0.1, 0.15) is 0 Å². The zero-order valence-electron chi connectivity index (χ0n) is 15.6. The van der Waals surface area contributed by atoms with E-state index in [2.05, 4.69) is 10.0 Å². The molecule has 0 saturated heterocycles. The van der Waals surface area contributed by atoms with Crippen molar-refractivity contribution in [3.63, 3.8) is 0 Å². The van der Waals surface area contributed by atoms with Gasteiger partial charge < -0.3 is 19.7 Å². The first-order chi connectivity index (χ1) is 12.8. The SMILES string of the molecule is COc1ccc(S(=O)(=O)NCC(=O)Nc2ccc(N(C)C)cc2)cc1OC. The maximum Gasteiger partial charge on any atom is 0.241 e. The lowest BCUT2D eigenvalue weighted by molar-refractivity contribution is -0.115. The zero-order chi connectivity index (χ0) is 20.0. The van der Waals surface area contributed by atoms with Crippen molar-refractivity contribution in [1.82, 2.24) is 4.72 Å². The van der Waals surface area contributed by atoms with Crippen LogP contribution in [0.15, 0.2) is 47.4 Å². The summed E-state index contributed by atoms with van der Waals surface area (Å²) < 4.78 is 37.2. The highest BCUT2D eigenvalue weighted by atomic mass is 32.2. The Balaban J connectivity index is 2.01. The van der Waals surface area contributed by atoms with Crippen molar-refractivity contribution in [2.45, 2.75) is 4.90 Å². The van der Waals surface area contributed by atoms with Crippen molar-refractivity contribution < 1.29 is 22.7 Å². The number of rotatable bonds is 8. The van der Waals surface area contributed by atoms with Crippen LogP contribution in [0, 0.1) is 0 Å². The number of nitrogens with one attached hydrogen (secondary N) is 2. The minimum Gasteiger partial charge on any atom is -0.493 e. The third kappa shape index (κ3) is 5.35. The van der Waals surface area contributed by atoms with Gasteiger partial charge in [-0.15, -0.1) is 0 Å². The highest BCUT2D eigenvalue weighted by Crippen LogP contribution is 2.29. The van der Waals surface area contributed by atoms with E-state index in [1.165, 1.54) is 32.4 Å². The van der Waals surface area contributed by atoms with E-state index in [9.17, 15) is 13.2 Å². The standard InChI is InChI=1S/C18H23N3O5S/c1-21(2)14-7-5-13(6-8-14)20-18(22)12-19-27(23,24)15-9-10-16(25-3)17(11-15)26-4/h5-11,19H,12H2,1-4H3,(H,20,22). The highest BCUT2D eigenvalue weighted by Gasteiger charge is 2.18. The molecular formula is C18H23N3O5S. The maximum absolute atomic E-state index is 12.4. The lowest BCUT2D eigenvalue weighted by atomic mass is 10.2. The van der Waals surface area contributed by atoms with Crippen molar-refractivity contribution in [1.29, 1.82) is 0 Å². The van der Waals surface area contributed by atoms with Crippen molar-refractivity contribution in [2.75, 3.05) is 45.1 Å². The summed E-state index contributed by atoms with van der Waals surface area (Å²) in [4.78, 5) is 13.9. The lowest BCUT2D eigenvalue weighted by Crippen LogP contribution is -2.32. The fraction of sp³-hybridized carbons (Fsp3) is 0.278. The van der Waals surface area contributed by atoms with Crippen LogP contribution in [-0.4, -0.2) is 49.2 Å². The minimum atomic E-state index is -3.88. The average molecular weight is 393 g/mol. The van der Waals surface area contributed by atoms with Crippen LogP contribution in [0.25, 0.3) is 0 Å². The molecule has 146 valence electrons. The van der Waals surface area contributed by atoms with Crippen molar-refractivity contribution in [2.24, 2.45) is 0 Å². The fourth-order valence-corrected chi connectivity index (χ4v) is 3.27. The number of sulfonamides is 1. The van der Waals surface area contributed by atoms with E-state index in [-0.39, 0.29) is 10.6 Å². The van der Waals surface area contributed by atoms with Crippen LogP contribution in [0.2, 0.25) is 0 Å². The van der Waals surface area contributed by atoms with Gasteiger partial charge in [-0.25, -0.2) is 13.1 Å². The summed E-state index contributed by atoms with van der Waals surface area (Å²) in [5.74, 6) is 0.220. The highest BCUT2D eigenvalue weighted by molar-refractivity contribution is 7.89. The molecule has 0 fully saturated rings. The Bertz CT molecular complexity index is 896. The molecule has 0 aromatic heterocycles. The molecule has 9 heteroatoms. The predicted molar refractivity (Wildman–Crippen MR) is 104 cm³/mol. The number of nitrogens with zero attached hydrogens (tertiary/aromatic N) is 1. The molecule has 2 aromatic carbocycles. The molecule has 27 heavy (non-hydrogen) atoms. The molecule has 0 aliphatic heterocycles. The van der Waals surface area contributed by atoms with Gasteiger partial charge in [-0.3, -0.25) is 4.79 Å². The van der Waals surface area contributed by atoms with Crippen molar-refractivity contribution in [3.8, 4) is 11.5 Å². The second-order valence-corrected chi connectivity index (χ2v) is 7.60. The van der Waals surface area contributed by atoms with Gasteiger partial charge in [0.2, 0.25) is 15.9 Å². The molecule has 2 aromatic rings. The number of carbonyl (C=O) groups is 1. The largest absolute Gasteiger partial charge is 0.493 e. The van der Waals surface area contributed by atoms with Gasteiger partial charge in [0.05, 0.1) is 25.7 Å². The van der Waals surface area contributed by atoms with Crippen LogP contribution in [-0.2, 0) is 14.8 Å². The molecule has 2 N–H and O–H groups in total. The van der Waals surface area contributed by atoms with Gasteiger partial charge in [-0.2, -0.15) is 0 Å². The van der Waals surface area contributed by atoms with Gasteiger partial charge in [0, 0.05) is 31.5 Å². The van der Waals surface area contributed by atoms with E-state index in [1.54, 1.807) is 12.1 Å². The normalized spacial score (nSPS) is 11.0. The van der Waals surface area contributed by atoms with Crippen molar-refractivity contribution in [3.05, 3.63) is 42.5 Å². The second kappa shape index (κ2) is 8.74. The Morgan fingerprint density at radius 1 is 1.00 bits per heavy atom. The van der Waals surface area contributed by atoms with Crippen LogP contribution < -0.4 is 24.4 Å². The van der Waals surface area contributed by atoms with E-state index in [0.29, 0.717) is 11.4 Å². The third-order valence-corrected chi connectivity index (χ3v) is 5.15. The molecule has 0 heterocycles. The Hall–Kier alpha value is -2.78. The van der Waals surface area contributed by atoms with E-state index in [0.717, 1.165) is 5.69 Å². The predicted octanol–water partition coefficient (Wildman–Crippen LogP) is 1.69. The summed E-state index contributed by atoms with van der Waals surface area (Å²) in [5.41, 5.74) is 1.57. The number of amides is 1. The molecule has 0 atom stereocenters. The van der Waals surface area contributed by atoms with Gasteiger partial charge in [-0.1, -0.05) is 0 Å². The quantitative estimate of drug-likeness (QED) is 0.708. The van der Waals surface area contributed by atoms with Crippen LogP contribution in [0.5, 0.6) is 11.5 Å². The number of ether oxygens (including phenoxy) is 2. The molecule has 0 aliphatic carbocycles.